The fourth-order valence-corrected chi connectivity index (χ4v) is 3.55. The summed E-state index contributed by atoms with van der Waals surface area (Å²) in [5, 5.41) is 9.08. The van der Waals surface area contributed by atoms with E-state index < -0.39 is 11.6 Å². The first-order valence-corrected chi connectivity index (χ1v) is 9.29. The Bertz CT molecular complexity index is 1040. The van der Waals surface area contributed by atoms with Crippen LogP contribution in [0.2, 0.25) is 0 Å². The van der Waals surface area contributed by atoms with E-state index in [9.17, 15) is 8.78 Å². The standard InChI is InChI=1S/C21H17F2N3O2S/c1-27-17-5-3-14(20(10-17)28-2)13-26(21-8-4-16(22)12-25-21)29-18-6-7-19(23)15(9-18)11-24/h3-10,12H,13H2,1-2H3. The number of anilines is 1. The number of benzene rings is 2. The number of aromatic nitrogens is 1. The van der Waals surface area contributed by atoms with Crippen LogP contribution in [-0.4, -0.2) is 19.2 Å². The Morgan fingerprint density at radius 1 is 1.07 bits per heavy atom. The largest absolute Gasteiger partial charge is 0.497 e. The summed E-state index contributed by atoms with van der Waals surface area (Å²) in [5.74, 6) is 0.738. The van der Waals surface area contributed by atoms with Crippen molar-refractivity contribution in [1.29, 1.82) is 5.26 Å². The van der Waals surface area contributed by atoms with E-state index >= 15 is 0 Å². The van der Waals surface area contributed by atoms with Gasteiger partial charge in [-0.15, -0.1) is 0 Å². The number of hydrogen-bond acceptors (Lipinski definition) is 6. The lowest BCUT2D eigenvalue weighted by molar-refractivity contribution is 0.391. The zero-order chi connectivity index (χ0) is 20.8. The Morgan fingerprint density at radius 3 is 2.55 bits per heavy atom. The van der Waals surface area contributed by atoms with E-state index in [1.165, 1.54) is 30.1 Å². The van der Waals surface area contributed by atoms with E-state index in [4.69, 9.17) is 14.7 Å². The Kier molecular flexibility index (Phi) is 6.52. The second-order valence-corrected chi connectivity index (χ2v) is 6.99. The normalized spacial score (nSPS) is 10.3. The zero-order valence-corrected chi connectivity index (χ0v) is 16.5. The number of nitriles is 1. The summed E-state index contributed by atoms with van der Waals surface area (Å²) in [6.45, 7) is 0.357. The highest BCUT2D eigenvalue weighted by Gasteiger charge is 2.16. The molecule has 29 heavy (non-hydrogen) atoms. The molecule has 2 aromatic carbocycles. The van der Waals surface area contributed by atoms with Gasteiger partial charge in [-0.3, -0.25) is 4.31 Å². The van der Waals surface area contributed by atoms with Crippen LogP contribution < -0.4 is 13.8 Å². The van der Waals surface area contributed by atoms with Gasteiger partial charge in [0.25, 0.3) is 0 Å². The molecule has 0 aliphatic heterocycles. The zero-order valence-electron chi connectivity index (χ0n) is 15.7. The van der Waals surface area contributed by atoms with Crippen molar-refractivity contribution in [3.63, 3.8) is 0 Å². The summed E-state index contributed by atoms with van der Waals surface area (Å²) < 4.78 is 39.5. The first-order chi connectivity index (χ1) is 14.0. The summed E-state index contributed by atoms with van der Waals surface area (Å²) in [7, 11) is 3.13. The van der Waals surface area contributed by atoms with Gasteiger partial charge in [0.15, 0.2) is 0 Å². The fraction of sp³-hybridized carbons (Fsp3) is 0.143. The maximum atomic E-state index is 13.7. The molecule has 3 aromatic rings. The molecule has 0 saturated heterocycles. The van der Waals surface area contributed by atoms with Crippen LogP contribution in [0.5, 0.6) is 11.5 Å². The van der Waals surface area contributed by atoms with Crippen molar-refractivity contribution in [3.05, 3.63) is 77.5 Å². The molecular weight excluding hydrogens is 396 g/mol. The first kappa shape index (κ1) is 20.4. The van der Waals surface area contributed by atoms with Crippen LogP contribution >= 0.6 is 11.9 Å². The van der Waals surface area contributed by atoms with E-state index in [-0.39, 0.29) is 5.56 Å². The van der Waals surface area contributed by atoms with Crippen molar-refractivity contribution in [2.75, 3.05) is 18.5 Å². The fourth-order valence-electron chi connectivity index (χ4n) is 2.59. The van der Waals surface area contributed by atoms with E-state index in [1.807, 2.05) is 18.2 Å². The molecule has 0 atom stereocenters. The number of halogens is 2. The van der Waals surface area contributed by atoms with Gasteiger partial charge in [-0.05, 0) is 54.4 Å². The topological polar surface area (TPSA) is 58.4 Å². The highest BCUT2D eigenvalue weighted by molar-refractivity contribution is 8.00. The van der Waals surface area contributed by atoms with Gasteiger partial charge in [0.1, 0.15) is 35.0 Å². The van der Waals surface area contributed by atoms with Gasteiger partial charge >= 0.3 is 0 Å². The molecule has 0 amide bonds. The third-order valence-electron chi connectivity index (χ3n) is 4.05. The highest BCUT2D eigenvalue weighted by Crippen LogP contribution is 2.33. The second-order valence-electron chi connectivity index (χ2n) is 5.89. The number of rotatable bonds is 7. The van der Waals surface area contributed by atoms with Crippen molar-refractivity contribution in [1.82, 2.24) is 4.98 Å². The summed E-state index contributed by atoms with van der Waals surface area (Å²) in [4.78, 5) is 4.79. The molecule has 1 heterocycles. The molecule has 0 aliphatic carbocycles. The van der Waals surface area contributed by atoms with Crippen molar-refractivity contribution >= 4 is 17.8 Å². The maximum absolute atomic E-state index is 13.7. The smallest absolute Gasteiger partial charge is 0.141 e. The number of methoxy groups -OCH3 is 2. The summed E-state index contributed by atoms with van der Waals surface area (Å²) in [6, 6.07) is 14.4. The first-order valence-electron chi connectivity index (χ1n) is 8.51. The van der Waals surface area contributed by atoms with Crippen LogP contribution in [0.25, 0.3) is 0 Å². The van der Waals surface area contributed by atoms with Gasteiger partial charge in [0.2, 0.25) is 0 Å². The molecule has 0 aliphatic rings. The molecule has 0 radical (unpaired) electrons. The quantitative estimate of drug-likeness (QED) is 0.510. The van der Waals surface area contributed by atoms with Gasteiger partial charge in [-0.2, -0.15) is 5.26 Å². The molecule has 5 nitrogen and oxygen atoms in total. The predicted octanol–water partition coefficient (Wildman–Crippen LogP) is 4.96. The minimum atomic E-state index is -0.583. The van der Waals surface area contributed by atoms with Crippen LogP contribution in [-0.2, 0) is 6.54 Å². The molecule has 0 bridgehead atoms. The molecule has 0 unspecified atom stereocenters. The molecule has 0 saturated carbocycles. The average Bonchev–Trinajstić information content (AvgIpc) is 2.75. The number of pyridine rings is 1. The molecule has 1 aromatic heterocycles. The van der Waals surface area contributed by atoms with Crippen LogP contribution in [0.4, 0.5) is 14.6 Å². The molecule has 0 fully saturated rings. The van der Waals surface area contributed by atoms with Gasteiger partial charge in [0.05, 0.1) is 32.5 Å². The van der Waals surface area contributed by atoms with Crippen molar-refractivity contribution < 1.29 is 18.3 Å². The van der Waals surface area contributed by atoms with E-state index in [1.54, 1.807) is 36.7 Å². The minimum absolute atomic E-state index is 0.0518. The maximum Gasteiger partial charge on any atom is 0.141 e. The lowest BCUT2D eigenvalue weighted by Gasteiger charge is -2.23. The van der Waals surface area contributed by atoms with Crippen LogP contribution in [0.3, 0.4) is 0 Å². The molecule has 0 N–H and O–H groups in total. The van der Waals surface area contributed by atoms with E-state index in [0.29, 0.717) is 28.8 Å². The average molecular weight is 413 g/mol. The van der Waals surface area contributed by atoms with E-state index in [0.717, 1.165) is 11.8 Å². The summed E-state index contributed by atoms with van der Waals surface area (Å²) in [5.41, 5.74) is 0.790. The monoisotopic (exact) mass is 413 g/mol. The van der Waals surface area contributed by atoms with Crippen LogP contribution in [0.15, 0.2) is 59.6 Å². The van der Waals surface area contributed by atoms with Crippen LogP contribution in [0.1, 0.15) is 11.1 Å². The molecule has 148 valence electrons. The molecule has 8 heteroatoms. The van der Waals surface area contributed by atoms with Crippen molar-refractivity contribution in [3.8, 4) is 17.6 Å². The van der Waals surface area contributed by atoms with Gasteiger partial charge < -0.3 is 9.47 Å². The van der Waals surface area contributed by atoms with Crippen molar-refractivity contribution in [2.45, 2.75) is 11.4 Å². The Morgan fingerprint density at radius 2 is 1.90 bits per heavy atom. The number of nitrogens with zero attached hydrogens (tertiary/aromatic N) is 3. The van der Waals surface area contributed by atoms with Gasteiger partial charge in [-0.1, -0.05) is 0 Å². The Hall–Kier alpha value is -3.31. The lowest BCUT2D eigenvalue weighted by Crippen LogP contribution is -2.16. The number of ether oxygens (including phenoxy) is 2. The summed E-state index contributed by atoms with van der Waals surface area (Å²) >= 11 is 1.25. The molecule has 0 spiro atoms. The Labute approximate surface area is 171 Å². The molecular formula is C21H17F2N3O2S. The van der Waals surface area contributed by atoms with Crippen LogP contribution in [0, 0.1) is 23.0 Å². The third kappa shape index (κ3) is 4.95. The minimum Gasteiger partial charge on any atom is -0.497 e. The third-order valence-corrected chi connectivity index (χ3v) is 5.05. The van der Waals surface area contributed by atoms with Gasteiger partial charge in [0, 0.05) is 16.5 Å². The summed E-state index contributed by atoms with van der Waals surface area (Å²) in [6.07, 6.45) is 1.12. The van der Waals surface area contributed by atoms with Crippen molar-refractivity contribution in [2.24, 2.45) is 0 Å². The second kappa shape index (κ2) is 9.26. The predicted molar refractivity (Wildman–Crippen MR) is 107 cm³/mol. The highest BCUT2D eigenvalue weighted by atomic mass is 32.2. The Balaban J connectivity index is 1.96. The van der Waals surface area contributed by atoms with Gasteiger partial charge in [-0.25, -0.2) is 13.8 Å². The lowest BCUT2D eigenvalue weighted by atomic mass is 10.2. The van der Waals surface area contributed by atoms with E-state index in [2.05, 4.69) is 4.98 Å². The SMILES string of the molecule is COc1ccc(CN(Sc2ccc(F)c(C#N)c2)c2ccc(F)cn2)c(OC)c1. The number of hydrogen-bond donors (Lipinski definition) is 0. The molecule has 3 rings (SSSR count).